The van der Waals surface area contributed by atoms with Crippen molar-refractivity contribution in [3.63, 3.8) is 0 Å². The fourth-order valence-corrected chi connectivity index (χ4v) is 4.57. The lowest BCUT2D eigenvalue weighted by Crippen LogP contribution is -2.22. The number of carboxylic acid groups (broad SMARTS) is 1. The summed E-state index contributed by atoms with van der Waals surface area (Å²) in [5.41, 5.74) is 1.36. The Morgan fingerprint density at radius 3 is 2.61 bits per heavy atom. The number of carboxylic acids is 1. The molecule has 1 saturated carbocycles. The highest BCUT2D eigenvalue weighted by atomic mass is 32.1. The molecule has 1 fully saturated rings. The van der Waals surface area contributed by atoms with Crippen molar-refractivity contribution in [2.75, 3.05) is 6.61 Å². The summed E-state index contributed by atoms with van der Waals surface area (Å²) in [7, 11) is 0. The molecule has 2 aromatic heterocycles. The van der Waals surface area contributed by atoms with Crippen LogP contribution >= 0.6 is 11.3 Å². The lowest BCUT2D eigenvalue weighted by atomic mass is 9.88. The smallest absolute Gasteiger partial charge is 0.313 e. The predicted molar refractivity (Wildman–Crippen MR) is 107 cm³/mol. The van der Waals surface area contributed by atoms with E-state index in [1.807, 2.05) is 6.07 Å². The Morgan fingerprint density at radius 1 is 1.29 bits per heavy atom. The summed E-state index contributed by atoms with van der Waals surface area (Å²) in [4.78, 5) is 15.8. The Balaban J connectivity index is 1.60. The van der Waals surface area contributed by atoms with Crippen LogP contribution in [-0.4, -0.2) is 37.4 Å². The van der Waals surface area contributed by atoms with E-state index < -0.39 is 11.4 Å². The van der Waals surface area contributed by atoms with Crippen LogP contribution in [0.2, 0.25) is 0 Å². The molecule has 2 heterocycles. The standard InChI is InChI=1S/C20H24N4O3S/c1-3-13(4-2)17(24-11-21-22-12-24)14-5-6-15-16(9-14)28-19(23-15)27-10-20(7-8-20)18(25)26/h5-6,9,11-13,17H,3-4,7-8,10H2,1-2H3,(H,25,26). The molecule has 148 valence electrons. The van der Waals surface area contributed by atoms with Gasteiger partial charge in [0.25, 0.3) is 5.19 Å². The Bertz CT molecular complexity index is 961. The third kappa shape index (κ3) is 3.48. The number of nitrogens with zero attached hydrogens (tertiary/aromatic N) is 4. The molecule has 7 nitrogen and oxygen atoms in total. The minimum Gasteiger partial charge on any atom is -0.481 e. The molecule has 28 heavy (non-hydrogen) atoms. The third-order valence-corrected chi connectivity index (χ3v) is 6.70. The molecule has 3 aromatic rings. The molecule has 1 unspecified atom stereocenters. The number of rotatable bonds is 9. The van der Waals surface area contributed by atoms with Crippen molar-refractivity contribution in [2.24, 2.45) is 11.3 Å². The van der Waals surface area contributed by atoms with E-state index in [1.165, 1.54) is 16.9 Å². The minimum absolute atomic E-state index is 0.169. The maximum Gasteiger partial charge on any atom is 0.313 e. The van der Waals surface area contributed by atoms with Crippen molar-refractivity contribution in [1.82, 2.24) is 19.7 Å². The average Bonchev–Trinajstić information content (AvgIpc) is 3.12. The Labute approximate surface area is 167 Å². The molecular formula is C20H24N4O3S. The quantitative estimate of drug-likeness (QED) is 0.580. The topological polar surface area (TPSA) is 90.1 Å². The number of carbonyl (C=O) groups is 1. The van der Waals surface area contributed by atoms with Gasteiger partial charge in [0.05, 0.1) is 16.3 Å². The molecular weight excluding hydrogens is 376 g/mol. The van der Waals surface area contributed by atoms with Gasteiger partial charge in [0.1, 0.15) is 24.7 Å². The molecule has 4 rings (SSSR count). The predicted octanol–water partition coefficient (Wildman–Crippen LogP) is 4.16. The Hall–Kier alpha value is -2.48. The van der Waals surface area contributed by atoms with Crippen molar-refractivity contribution in [3.8, 4) is 5.19 Å². The van der Waals surface area contributed by atoms with E-state index in [-0.39, 0.29) is 12.6 Å². The van der Waals surface area contributed by atoms with E-state index in [4.69, 9.17) is 4.74 Å². The van der Waals surface area contributed by atoms with Crippen molar-refractivity contribution in [3.05, 3.63) is 36.4 Å². The van der Waals surface area contributed by atoms with E-state index >= 15 is 0 Å². The second-order valence-electron chi connectivity index (χ2n) is 7.51. The molecule has 0 spiro atoms. The normalized spacial score (nSPS) is 16.4. The number of ether oxygens (including phenoxy) is 1. The first-order valence-electron chi connectivity index (χ1n) is 9.67. The van der Waals surface area contributed by atoms with Crippen molar-refractivity contribution in [2.45, 2.75) is 45.6 Å². The molecule has 0 aliphatic heterocycles. The minimum atomic E-state index is -0.780. The number of thiazole rings is 1. The van der Waals surface area contributed by atoms with Crippen molar-refractivity contribution in [1.29, 1.82) is 0 Å². The summed E-state index contributed by atoms with van der Waals surface area (Å²) in [6, 6.07) is 6.45. The maximum atomic E-state index is 11.3. The summed E-state index contributed by atoms with van der Waals surface area (Å²) in [5, 5.41) is 17.8. The summed E-state index contributed by atoms with van der Waals surface area (Å²) < 4.78 is 8.85. The highest BCUT2D eigenvalue weighted by molar-refractivity contribution is 7.20. The molecule has 0 saturated heterocycles. The molecule has 1 N–H and O–H groups in total. The Morgan fingerprint density at radius 2 is 2.00 bits per heavy atom. The SMILES string of the molecule is CCC(CC)C(c1ccc2nc(OCC3(C(=O)O)CC3)sc2c1)n1cnnc1. The molecule has 1 aromatic carbocycles. The van der Waals surface area contributed by atoms with Crippen molar-refractivity contribution < 1.29 is 14.6 Å². The van der Waals surface area contributed by atoms with Gasteiger partial charge in [-0.15, -0.1) is 10.2 Å². The number of aromatic nitrogens is 4. The molecule has 8 heteroatoms. The summed E-state index contributed by atoms with van der Waals surface area (Å²) in [5.74, 6) is -0.305. The van der Waals surface area contributed by atoms with Gasteiger partial charge in [-0.05, 0) is 36.5 Å². The lowest BCUT2D eigenvalue weighted by Gasteiger charge is -2.26. The zero-order valence-corrected chi connectivity index (χ0v) is 16.9. The number of aliphatic carboxylic acids is 1. The van der Waals surface area contributed by atoms with Crippen LogP contribution < -0.4 is 4.74 Å². The monoisotopic (exact) mass is 400 g/mol. The van der Waals surface area contributed by atoms with Crippen LogP contribution in [0.5, 0.6) is 5.19 Å². The van der Waals surface area contributed by atoms with Crippen LogP contribution in [0.15, 0.2) is 30.9 Å². The summed E-state index contributed by atoms with van der Waals surface area (Å²) in [6.07, 6.45) is 7.02. The fourth-order valence-electron chi connectivity index (χ4n) is 3.71. The molecule has 1 atom stereocenters. The number of fused-ring (bicyclic) bond motifs is 1. The molecule has 0 radical (unpaired) electrons. The number of benzene rings is 1. The van der Waals surface area contributed by atoms with Gasteiger partial charge >= 0.3 is 5.97 Å². The average molecular weight is 401 g/mol. The van der Waals surface area contributed by atoms with Crippen LogP contribution in [0, 0.1) is 11.3 Å². The highest BCUT2D eigenvalue weighted by Gasteiger charge is 2.51. The van der Waals surface area contributed by atoms with Crippen LogP contribution in [0.4, 0.5) is 0 Å². The zero-order valence-electron chi connectivity index (χ0n) is 16.0. The van der Waals surface area contributed by atoms with E-state index in [0.29, 0.717) is 24.0 Å². The van der Waals surface area contributed by atoms with Gasteiger partial charge in [0, 0.05) is 0 Å². The van der Waals surface area contributed by atoms with Crippen LogP contribution in [0.3, 0.4) is 0 Å². The second-order valence-corrected chi connectivity index (χ2v) is 8.50. The largest absolute Gasteiger partial charge is 0.481 e. The molecule has 1 aliphatic carbocycles. The van der Waals surface area contributed by atoms with E-state index in [2.05, 4.69) is 45.7 Å². The van der Waals surface area contributed by atoms with Crippen LogP contribution in [0.25, 0.3) is 10.2 Å². The van der Waals surface area contributed by atoms with Gasteiger partial charge in [-0.3, -0.25) is 4.79 Å². The van der Waals surface area contributed by atoms with Crippen LogP contribution in [-0.2, 0) is 4.79 Å². The number of hydrogen-bond donors (Lipinski definition) is 1. The van der Waals surface area contributed by atoms with E-state index in [0.717, 1.165) is 23.1 Å². The number of hydrogen-bond acceptors (Lipinski definition) is 6. The fraction of sp³-hybridized carbons (Fsp3) is 0.500. The van der Waals surface area contributed by atoms with Gasteiger partial charge in [-0.1, -0.05) is 44.1 Å². The summed E-state index contributed by atoms with van der Waals surface area (Å²) >= 11 is 1.47. The van der Waals surface area contributed by atoms with Crippen LogP contribution in [0.1, 0.15) is 51.1 Å². The third-order valence-electron chi connectivity index (χ3n) is 5.77. The highest BCUT2D eigenvalue weighted by Crippen LogP contribution is 2.46. The van der Waals surface area contributed by atoms with E-state index in [1.54, 1.807) is 12.7 Å². The lowest BCUT2D eigenvalue weighted by molar-refractivity contribution is -0.144. The first-order chi connectivity index (χ1) is 13.6. The molecule has 0 amide bonds. The van der Waals surface area contributed by atoms with Gasteiger partial charge in [-0.2, -0.15) is 0 Å². The Kier molecular flexibility index (Phi) is 5.05. The summed E-state index contributed by atoms with van der Waals surface area (Å²) in [6.45, 7) is 4.60. The van der Waals surface area contributed by atoms with Gasteiger partial charge in [-0.25, -0.2) is 4.98 Å². The van der Waals surface area contributed by atoms with Crippen molar-refractivity contribution >= 4 is 27.5 Å². The zero-order chi connectivity index (χ0) is 19.7. The van der Waals surface area contributed by atoms with Gasteiger partial charge in [0.15, 0.2) is 0 Å². The first-order valence-corrected chi connectivity index (χ1v) is 10.5. The van der Waals surface area contributed by atoms with Gasteiger partial charge in [0.2, 0.25) is 0 Å². The maximum absolute atomic E-state index is 11.3. The van der Waals surface area contributed by atoms with E-state index in [9.17, 15) is 9.90 Å². The first kappa shape index (κ1) is 18.9. The van der Waals surface area contributed by atoms with Gasteiger partial charge < -0.3 is 14.4 Å². The molecule has 0 bridgehead atoms. The molecule has 1 aliphatic rings. The second kappa shape index (κ2) is 7.50.